The van der Waals surface area contributed by atoms with Crippen molar-refractivity contribution in [1.29, 1.82) is 0 Å². The van der Waals surface area contributed by atoms with Gasteiger partial charge in [-0.15, -0.1) is 10.2 Å². The van der Waals surface area contributed by atoms with Gasteiger partial charge in [-0.3, -0.25) is 9.78 Å². The molecule has 0 bridgehead atoms. The molecule has 2 atom stereocenters. The lowest BCUT2D eigenvalue weighted by Gasteiger charge is -2.11. The van der Waals surface area contributed by atoms with Gasteiger partial charge in [0.15, 0.2) is 5.82 Å². The van der Waals surface area contributed by atoms with E-state index >= 15 is 0 Å². The summed E-state index contributed by atoms with van der Waals surface area (Å²) in [5.41, 5.74) is 10.6. The van der Waals surface area contributed by atoms with E-state index in [1.165, 1.54) is 18.4 Å². The van der Waals surface area contributed by atoms with Crippen LogP contribution in [0.2, 0.25) is 0 Å². The highest BCUT2D eigenvalue weighted by Gasteiger charge is 2.43. The van der Waals surface area contributed by atoms with Crippen LogP contribution in [0.15, 0.2) is 36.7 Å². The molecule has 0 aliphatic heterocycles. The van der Waals surface area contributed by atoms with Crippen molar-refractivity contribution in [2.45, 2.75) is 31.4 Å². The van der Waals surface area contributed by atoms with Crippen molar-refractivity contribution in [3.05, 3.63) is 42.2 Å². The molecule has 5 rings (SSSR count). The number of fused-ring (bicyclic) bond motifs is 1. The number of nitrogens with two attached hydrogens (primary N) is 1. The first kappa shape index (κ1) is 16.1. The van der Waals surface area contributed by atoms with Gasteiger partial charge in [0.2, 0.25) is 5.91 Å². The number of alkyl halides is 1. The Morgan fingerprint density at radius 1 is 1.22 bits per heavy atom. The summed E-state index contributed by atoms with van der Waals surface area (Å²) >= 11 is 0. The Hall–Kier alpha value is -3.09. The van der Waals surface area contributed by atoms with Crippen molar-refractivity contribution < 1.29 is 9.18 Å². The molecule has 6 nitrogen and oxygen atoms in total. The number of aromatic nitrogens is 3. The summed E-state index contributed by atoms with van der Waals surface area (Å²) in [6, 6.07) is 7.65. The average molecular weight is 363 g/mol. The molecule has 0 spiro atoms. The van der Waals surface area contributed by atoms with Crippen LogP contribution in [0.25, 0.3) is 22.0 Å². The van der Waals surface area contributed by atoms with Gasteiger partial charge >= 0.3 is 0 Å². The van der Waals surface area contributed by atoms with Crippen LogP contribution >= 0.6 is 0 Å². The molecule has 0 saturated heterocycles. The fourth-order valence-electron chi connectivity index (χ4n) is 3.45. The number of benzene rings is 1. The number of nitrogens with zero attached hydrogens (tertiary/aromatic N) is 3. The Kier molecular flexibility index (Phi) is 3.56. The zero-order valence-electron chi connectivity index (χ0n) is 14.5. The van der Waals surface area contributed by atoms with Gasteiger partial charge in [0, 0.05) is 23.3 Å². The normalized spacial score (nSPS) is 21.2. The van der Waals surface area contributed by atoms with Crippen molar-refractivity contribution in [3.8, 4) is 11.1 Å². The van der Waals surface area contributed by atoms with Crippen LogP contribution in [0, 0.1) is 5.92 Å². The maximum Gasteiger partial charge on any atom is 0.231 e. The van der Waals surface area contributed by atoms with Crippen LogP contribution in [0.5, 0.6) is 0 Å². The van der Waals surface area contributed by atoms with E-state index in [0.717, 1.165) is 16.5 Å². The van der Waals surface area contributed by atoms with Gasteiger partial charge in [0.25, 0.3) is 0 Å². The van der Waals surface area contributed by atoms with Gasteiger partial charge in [0.1, 0.15) is 11.7 Å². The van der Waals surface area contributed by atoms with Crippen LogP contribution in [0.3, 0.4) is 0 Å². The van der Waals surface area contributed by atoms with Crippen molar-refractivity contribution in [3.63, 3.8) is 0 Å². The molecule has 1 aromatic carbocycles. The first-order chi connectivity index (χ1) is 13.1. The van der Waals surface area contributed by atoms with Gasteiger partial charge in [-0.1, -0.05) is 0 Å². The molecule has 2 aliphatic carbocycles. The minimum Gasteiger partial charge on any atom is -0.397 e. The lowest BCUT2D eigenvalue weighted by Crippen LogP contribution is -2.16. The number of nitrogen functional groups attached to an aromatic ring is 1. The molecule has 2 fully saturated rings. The SMILES string of the molecule is Nc1cc(-c2cnccc2C2CC2)cc2cc(NC(=O)[C@H]3C[C@H]3F)nnc12. The summed E-state index contributed by atoms with van der Waals surface area (Å²) in [6.07, 6.45) is 5.29. The van der Waals surface area contributed by atoms with Crippen LogP contribution in [-0.4, -0.2) is 27.3 Å². The van der Waals surface area contributed by atoms with Crippen LogP contribution in [0.1, 0.15) is 30.7 Å². The predicted molar refractivity (Wildman–Crippen MR) is 101 cm³/mol. The van der Waals surface area contributed by atoms with Gasteiger partial charge in [0.05, 0.1) is 11.6 Å². The molecule has 3 aromatic rings. The van der Waals surface area contributed by atoms with E-state index < -0.39 is 12.1 Å². The number of carbonyl (C=O) groups is 1. The predicted octanol–water partition coefficient (Wildman–Crippen LogP) is 3.45. The summed E-state index contributed by atoms with van der Waals surface area (Å²) in [7, 11) is 0. The van der Waals surface area contributed by atoms with Crippen molar-refractivity contribution in [1.82, 2.24) is 15.2 Å². The Morgan fingerprint density at radius 2 is 2.04 bits per heavy atom. The highest BCUT2D eigenvalue weighted by atomic mass is 19.1. The standard InChI is InChI=1S/C20H18FN5O/c21-16-8-14(16)20(27)24-18-7-12-5-11(6-17(22)19(12)26-25-18)15-9-23-4-3-13(15)10-1-2-10/h3-7,9-10,14,16H,1-2,8,22H2,(H,24,25,27)/t14-,16+/m0/s1. The molecule has 7 heteroatoms. The van der Waals surface area contributed by atoms with Crippen molar-refractivity contribution in [2.75, 3.05) is 11.1 Å². The fraction of sp³-hybridized carbons (Fsp3) is 0.300. The van der Waals surface area contributed by atoms with E-state index in [2.05, 4.69) is 26.6 Å². The number of carbonyl (C=O) groups excluding carboxylic acids is 1. The Balaban J connectivity index is 1.54. The van der Waals surface area contributed by atoms with E-state index in [4.69, 9.17) is 5.73 Å². The lowest BCUT2D eigenvalue weighted by atomic mass is 9.97. The number of anilines is 2. The minimum atomic E-state index is -1.05. The Morgan fingerprint density at radius 3 is 2.78 bits per heavy atom. The molecule has 2 heterocycles. The first-order valence-electron chi connectivity index (χ1n) is 9.06. The van der Waals surface area contributed by atoms with Gasteiger partial charge < -0.3 is 11.1 Å². The molecule has 136 valence electrons. The maximum absolute atomic E-state index is 13.1. The third-order valence-electron chi connectivity index (χ3n) is 5.20. The van der Waals surface area contributed by atoms with Crippen molar-refractivity contribution in [2.24, 2.45) is 5.92 Å². The van der Waals surface area contributed by atoms with Crippen LogP contribution in [-0.2, 0) is 4.79 Å². The summed E-state index contributed by atoms with van der Waals surface area (Å²) in [4.78, 5) is 16.2. The Labute approximate surface area is 155 Å². The summed E-state index contributed by atoms with van der Waals surface area (Å²) < 4.78 is 13.1. The van der Waals surface area contributed by atoms with Gasteiger partial charge in [-0.05, 0) is 60.6 Å². The topological polar surface area (TPSA) is 93.8 Å². The molecular formula is C20H18FN5O. The smallest absolute Gasteiger partial charge is 0.231 e. The second kappa shape index (κ2) is 5.97. The Bertz CT molecular complexity index is 1070. The lowest BCUT2D eigenvalue weighted by molar-refractivity contribution is -0.117. The van der Waals surface area contributed by atoms with E-state index in [1.807, 2.05) is 24.5 Å². The number of halogens is 1. The summed E-state index contributed by atoms with van der Waals surface area (Å²) in [6.45, 7) is 0. The maximum atomic E-state index is 13.1. The number of hydrogen-bond donors (Lipinski definition) is 2. The molecule has 2 aromatic heterocycles. The molecule has 2 aliphatic rings. The highest BCUT2D eigenvalue weighted by Crippen LogP contribution is 2.44. The fourth-order valence-corrected chi connectivity index (χ4v) is 3.45. The molecule has 0 radical (unpaired) electrons. The van der Waals surface area contributed by atoms with E-state index in [9.17, 15) is 9.18 Å². The minimum absolute atomic E-state index is 0.273. The number of amides is 1. The number of rotatable bonds is 4. The average Bonchev–Trinajstić information content (AvgIpc) is 3.57. The number of hydrogen-bond acceptors (Lipinski definition) is 5. The van der Waals surface area contributed by atoms with Gasteiger partial charge in [-0.2, -0.15) is 0 Å². The second-order valence-corrected chi connectivity index (χ2v) is 7.32. The van der Waals surface area contributed by atoms with E-state index in [1.54, 1.807) is 6.07 Å². The zero-order valence-corrected chi connectivity index (χ0v) is 14.5. The largest absolute Gasteiger partial charge is 0.397 e. The monoisotopic (exact) mass is 363 g/mol. The highest BCUT2D eigenvalue weighted by molar-refractivity contribution is 5.98. The molecule has 27 heavy (non-hydrogen) atoms. The molecule has 2 saturated carbocycles. The van der Waals surface area contributed by atoms with Crippen molar-refractivity contribution >= 4 is 28.3 Å². The molecule has 3 N–H and O–H groups in total. The third kappa shape index (κ3) is 2.99. The molecular weight excluding hydrogens is 345 g/mol. The summed E-state index contributed by atoms with van der Waals surface area (Å²) in [5, 5.41) is 11.6. The second-order valence-electron chi connectivity index (χ2n) is 7.32. The van der Waals surface area contributed by atoms with E-state index in [-0.39, 0.29) is 12.3 Å². The number of pyridine rings is 1. The third-order valence-corrected chi connectivity index (χ3v) is 5.20. The zero-order chi connectivity index (χ0) is 18.5. The first-order valence-corrected chi connectivity index (χ1v) is 9.06. The summed E-state index contributed by atoms with van der Waals surface area (Å²) in [5.74, 6) is -0.0479. The number of nitrogens with one attached hydrogen (secondary N) is 1. The molecule has 0 unspecified atom stereocenters. The van der Waals surface area contributed by atoms with E-state index in [0.29, 0.717) is 22.9 Å². The molecule has 1 amide bonds. The van der Waals surface area contributed by atoms with Gasteiger partial charge in [-0.25, -0.2) is 4.39 Å². The van der Waals surface area contributed by atoms with Crippen LogP contribution < -0.4 is 11.1 Å². The quantitative estimate of drug-likeness (QED) is 0.693. The van der Waals surface area contributed by atoms with Crippen LogP contribution in [0.4, 0.5) is 15.9 Å².